The molecule has 3 unspecified atom stereocenters. The smallest absolute Gasteiger partial charge is 0.223 e. The van der Waals surface area contributed by atoms with E-state index in [0.29, 0.717) is 6.54 Å². The largest absolute Gasteiger partial charge is 0.354 e. The van der Waals surface area contributed by atoms with E-state index in [9.17, 15) is 4.79 Å². The molecular formula is C18H23ClN4O. The first-order valence-electron chi connectivity index (χ1n) is 8.14. The number of amides is 1. The van der Waals surface area contributed by atoms with Gasteiger partial charge in [0, 0.05) is 36.3 Å². The molecule has 5 nitrogen and oxygen atoms in total. The first-order valence-corrected chi connectivity index (χ1v) is 8.52. The summed E-state index contributed by atoms with van der Waals surface area (Å²) in [7, 11) is 5.91. The van der Waals surface area contributed by atoms with Crippen molar-refractivity contribution in [3.05, 3.63) is 52.8 Å². The Labute approximate surface area is 147 Å². The fourth-order valence-corrected chi connectivity index (χ4v) is 3.42. The topological polar surface area (TPSA) is 50.2 Å². The molecule has 1 aromatic heterocycles. The maximum Gasteiger partial charge on any atom is 0.223 e. The van der Waals surface area contributed by atoms with Gasteiger partial charge in [0.15, 0.2) is 0 Å². The minimum absolute atomic E-state index is 0.0293. The highest BCUT2D eigenvalue weighted by Crippen LogP contribution is 2.49. The number of nitrogens with zero attached hydrogens (tertiary/aromatic N) is 3. The van der Waals surface area contributed by atoms with Crippen LogP contribution in [-0.2, 0) is 11.8 Å². The monoisotopic (exact) mass is 346 g/mol. The summed E-state index contributed by atoms with van der Waals surface area (Å²) in [6.45, 7) is 0.573. The lowest BCUT2D eigenvalue weighted by Gasteiger charge is -2.23. The maximum atomic E-state index is 12.5. The Kier molecular flexibility index (Phi) is 4.92. The van der Waals surface area contributed by atoms with E-state index in [0.717, 1.165) is 22.6 Å². The molecule has 0 spiro atoms. The lowest BCUT2D eigenvalue weighted by molar-refractivity contribution is -0.122. The number of aromatic nitrogens is 2. The molecule has 1 saturated carbocycles. The third-order valence-corrected chi connectivity index (χ3v) is 4.98. The third kappa shape index (κ3) is 3.62. The minimum atomic E-state index is 0.0293. The summed E-state index contributed by atoms with van der Waals surface area (Å²) in [5.41, 5.74) is 2.18. The highest BCUT2D eigenvalue weighted by atomic mass is 35.5. The zero-order chi connectivity index (χ0) is 17.3. The Morgan fingerprint density at radius 1 is 1.46 bits per heavy atom. The summed E-state index contributed by atoms with van der Waals surface area (Å²) in [6.07, 6.45) is 4.70. The summed E-state index contributed by atoms with van der Waals surface area (Å²) in [5.74, 6) is 0.382. The summed E-state index contributed by atoms with van der Waals surface area (Å²) in [5, 5.41) is 8.06. The van der Waals surface area contributed by atoms with Crippen LogP contribution in [0.1, 0.15) is 29.5 Å². The first kappa shape index (κ1) is 17.0. The predicted octanol–water partition coefficient (Wildman–Crippen LogP) is 2.60. The number of aryl methyl sites for hydroxylation is 1. The van der Waals surface area contributed by atoms with Gasteiger partial charge in [-0.25, -0.2) is 0 Å². The zero-order valence-electron chi connectivity index (χ0n) is 14.2. The summed E-state index contributed by atoms with van der Waals surface area (Å²) in [6, 6.07) is 7.89. The molecule has 0 bridgehead atoms. The molecule has 1 aliphatic carbocycles. The van der Waals surface area contributed by atoms with E-state index >= 15 is 0 Å². The average molecular weight is 347 g/mol. The molecule has 24 heavy (non-hydrogen) atoms. The molecule has 1 aromatic carbocycles. The van der Waals surface area contributed by atoms with Crippen molar-refractivity contribution in [1.82, 2.24) is 20.0 Å². The highest BCUT2D eigenvalue weighted by Gasteiger charge is 2.44. The maximum absolute atomic E-state index is 12.5. The lowest BCUT2D eigenvalue weighted by atomic mass is 10.1. The van der Waals surface area contributed by atoms with Gasteiger partial charge >= 0.3 is 0 Å². The number of carbonyl (C=O) groups excluding carboxylic acids is 1. The van der Waals surface area contributed by atoms with Crippen LogP contribution < -0.4 is 5.32 Å². The minimum Gasteiger partial charge on any atom is -0.354 e. The average Bonchev–Trinajstić information content (AvgIpc) is 3.22. The van der Waals surface area contributed by atoms with Crippen LogP contribution in [0, 0.1) is 5.92 Å². The van der Waals surface area contributed by atoms with Gasteiger partial charge in [0.25, 0.3) is 0 Å². The Balaban J connectivity index is 1.59. The van der Waals surface area contributed by atoms with Gasteiger partial charge in [-0.3, -0.25) is 9.48 Å². The van der Waals surface area contributed by atoms with Gasteiger partial charge in [0.2, 0.25) is 5.91 Å². The molecule has 3 atom stereocenters. The summed E-state index contributed by atoms with van der Waals surface area (Å²) >= 11 is 6.23. The number of nitrogens with one attached hydrogen (secondary N) is 1. The van der Waals surface area contributed by atoms with E-state index in [1.54, 1.807) is 4.68 Å². The van der Waals surface area contributed by atoms with E-state index in [1.807, 2.05) is 57.8 Å². The van der Waals surface area contributed by atoms with E-state index in [4.69, 9.17) is 11.6 Å². The van der Waals surface area contributed by atoms with Crippen LogP contribution in [0.3, 0.4) is 0 Å². The van der Waals surface area contributed by atoms with Gasteiger partial charge in [-0.15, -0.1) is 0 Å². The number of hydrogen-bond donors (Lipinski definition) is 1. The van der Waals surface area contributed by atoms with Gasteiger partial charge < -0.3 is 10.2 Å². The van der Waals surface area contributed by atoms with E-state index in [-0.39, 0.29) is 23.8 Å². The molecule has 2 aromatic rings. The predicted molar refractivity (Wildman–Crippen MR) is 94.9 cm³/mol. The van der Waals surface area contributed by atoms with Crippen molar-refractivity contribution >= 4 is 17.5 Å². The molecule has 1 N–H and O–H groups in total. The number of rotatable bonds is 6. The highest BCUT2D eigenvalue weighted by molar-refractivity contribution is 6.31. The molecule has 1 fully saturated rings. The standard InChI is InChI=1S/C18H23ClN4O/c1-22(2)17(12-9-21-23(3)11-12)10-20-18(24)15-8-14(15)13-6-4-5-7-16(13)19/h4-7,9,11,14-15,17H,8,10H2,1-3H3,(H,20,24). The van der Waals surface area contributed by atoms with Crippen LogP contribution in [0.5, 0.6) is 0 Å². The number of hydrogen-bond acceptors (Lipinski definition) is 3. The van der Waals surface area contributed by atoms with Gasteiger partial charge in [0.05, 0.1) is 12.2 Å². The van der Waals surface area contributed by atoms with E-state index < -0.39 is 0 Å². The van der Waals surface area contributed by atoms with Crippen molar-refractivity contribution in [1.29, 1.82) is 0 Å². The second-order valence-electron chi connectivity index (χ2n) is 6.64. The van der Waals surface area contributed by atoms with Crippen molar-refractivity contribution in [3.8, 4) is 0 Å². The molecule has 0 radical (unpaired) electrons. The van der Waals surface area contributed by atoms with Gasteiger partial charge in [-0.05, 0) is 38.1 Å². The zero-order valence-corrected chi connectivity index (χ0v) is 15.0. The number of halogens is 1. The van der Waals surface area contributed by atoms with Crippen LogP contribution >= 0.6 is 11.6 Å². The fourth-order valence-electron chi connectivity index (χ4n) is 3.14. The van der Waals surface area contributed by atoms with Crippen LogP contribution in [0.4, 0.5) is 0 Å². The quantitative estimate of drug-likeness (QED) is 0.874. The molecule has 6 heteroatoms. The van der Waals surface area contributed by atoms with Gasteiger partial charge in [0.1, 0.15) is 0 Å². The Morgan fingerprint density at radius 2 is 2.21 bits per heavy atom. The normalized spacial score (nSPS) is 20.9. The molecule has 128 valence electrons. The van der Waals surface area contributed by atoms with E-state index in [1.165, 1.54) is 0 Å². The van der Waals surface area contributed by atoms with Gasteiger partial charge in [-0.2, -0.15) is 5.10 Å². The van der Waals surface area contributed by atoms with Crippen LogP contribution in [-0.4, -0.2) is 41.2 Å². The molecule has 0 saturated heterocycles. The van der Waals surface area contributed by atoms with Crippen molar-refractivity contribution in [2.24, 2.45) is 13.0 Å². The van der Waals surface area contributed by atoms with E-state index in [2.05, 4.69) is 15.3 Å². The van der Waals surface area contributed by atoms with Crippen LogP contribution in [0.15, 0.2) is 36.7 Å². The summed E-state index contributed by atoms with van der Waals surface area (Å²) in [4.78, 5) is 14.6. The molecule has 1 heterocycles. The molecule has 1 aliphatic rings. The van der Waals surface area contributed by atoms with Crippen LogP contribution in [0.25, 0.3) is 0 Å². The Hall–Kier alpha value is -1.85. The lowest BCUT2D eigenvalue weighted by Crippen LogP contribution is -2.35. The number of benzene rings is 1. The third-order valence-electron chi connectivity index (χ3n) is 4.63. The SMILES string of the molecule is CN(C)C(CNC(=O)C1CC1c1ccccc1Cl)c1cnn(C)c1. The van der Waals surface area contributed by atoms with Crippen molar-refractivity contribution in [3.63, 3.8) is 0 Å². The summed E-state index contributed by atoms with van der Waals surface area (Å²) < 4.78 is 1.78. The second-order valence-corrected chi connectivity index (χ2v) is 7.05. The number of carbonyl (C=O) groups is 1. The molecule has 0 aliphatic heterocycles. The van der Waals surface area contributed by atoms with Crippen LogP contribution in [0.2, 0.25) is 5.02 Å². The van der Waals surface area contributed by atoms with Crippen molar-refractivity contribution < 1.29 is 4.79 Å². The van der Waals surface area contributed by atoms with Gasteiger partial charge in [-0.1, -0.05) is 29.8 Å². The fraction of sp³-hybridized carbons (Fsp3) is 0.444. The first-order chi connectivity index (χ1) is 11.5. The second kappa shape index (κ2) is 6.95. The van der Waals surface area contributed by atoms with Crippen molar-refractivity contribution in [2.75, 3.05) is 20.6 Å². The molecule has 3 rings (SSSR count). The Bertz CT molecular complexity index is 727. The number of likely N-dealkylation sites (N-methyl/N-ethyl adjacent to an activating group) is 1. The molecule has 1 amide bonds. The van der Waals surface area contributed by atoms with Crippen molar-refractivity contribution in [2.45, 2.75) is 18.4 Å². The molecular weight excluding hydrogens is 324 g/mol. The Morgan fingerprint density at radius 3 is 2.83 bits per heavy atom.